The Bertz CT molecular complexity index is 1040. The van der Waals surface area contributed by atoms with Crippen molar-refractivity contribution in [3.05, 3.63) is 36.2 Å². The zero-order valence-electron chi connectivity index (χ0n) is 16.3. The number of piperidine rings is 1. The summed E-state index contributed by atoms with van der Waals surface area (Å²) in [6.45, 7) is 7.15. The van der Waals surface area contributed by atoms with Crippen LogP contribution in [0.1, 0.15) is 32.4 Å². The predicted molar refractivity (Wildman–Crippen MR) is 107 cm³/mol. The number of nitrogens with one attached hydrogen (secondary N) is 1. The Hall–Kier alpha value is -1.91. The fourth-order valence-corrected chi connectivity index (χ4v) is 6.19. The average Bonchev–Trinajstić information content (AvgIpc) is 3.04. The van der Waals surface area contributed by atoms with Crippen molar-refractivity contribution in [2.45, 2.75) is 49.9 Å². The van der Waals surface area contributed by atoms with E-state index < -0.39 is 20.0 Å². The number of aryl methyl sites for hydroxylation is 2. The van der Waals surface area contributed by atoms with Gasteiger partial charge in [-0.05, 0) is 56.9 Å². The van der Waals surface area contributed by atoms with E-state index in [1.807, 2.05) is 13.8 Å². The van der Waals surface area contributed by atoms with Crippen molar-refractivity contribution in [3.8, 4) is 0 Å². The molecule has 2 aromatic rings. The van der Waals surface area contributed by atoms with E-state index in [2.05, 4.69) is 9.82 Å². The van der Waals surface area contributed by atoms with Crippen molar-refractivity contribution in [1.82, 2.24) is 14.1 Å². The zero-order chi connectivity index (χ0) is 20.5. The van der Waals surface area contributed by atoms with E-state index in [1.54, 1.807) is 11.6 Å². The summed E-state index contributed by atoms with van der Waals surface area (Å²) in [5.74, 6) is 0.335. The maximum Gasteiger partial charge on any atom is 0.265 e. The number of rotatable bonds is 6. The average molecular weight is 427 g/mol. The number of benzene rings is 1. The highest BCUT2D eigenvalue weighted by molar-refractivity contribution is 7.92. The first-order chi connectivity index (χ1) is 13.1. The van der Waals surface area contributed by atoms with Crippen LogP contribution >= 0.6 is 0 Å². The molecule has 154 valence electrons. The van der Waals surface area contributed by atoms with E-state index >= 15 is 0 Å². The summed E-state index contributed by atoms with van der Waals surface area (Å²) in [5.41, 5.74) is 0.711. The Labute approximate surface area is 166 Å². The van der Waals surface area contributed by atoms with Crippen LogP contribution in [0.4, 0.5) is 5.69 Å². The molecule has 0 bridgehead atoms. The third-order valence-electron chi connectivity index (χ3n) is 4.88. The van der Waals surface area contributed by atoms with Gasteiger partial charge in [0.05, 0.1) is 10.6 Å². The molecule has 1 saturated heterocycles. The Morgan fingerprint density at radius 1 is 1.18 bits per heavy atom. The SMILES string of the molecule is CCn1cc(S(=O)(=O)Nc2ccc(S(=O)(=O)N3CCCC(C)C3)cc2)c(C)n1. The van der Waals surface area contributed by atoms with Gasteiger partial charge in [0.25, 0.3) is 10.0 Å². The third kappa shape index (κ3) is 4.23. The monoisotopic (exact) mass is 426 g/mol. The van der Waals surface area contributed by atoms with Crippen molar-refractivity contribution in [3.63, 3.8) is 0 Å². The minimum absolute atomic E-state index is 0.105. The van der Waals surface area contributed by atoms with Gasteiger partial charge in [0.15, 0.2) is 0 Å². The van der Waals surface area contributed by atoms with Crippen LogP contribution < -0.4 is 4.72 Å². The predicted octanol–water partition coefficient (Wildman–Crippen LogP) is 2.43. The molecule has 1 fully saturated rings. The molecule has 28 heavy (non-hydrogen) atoms. The number of aromatic nitrogens is 2. The van der Waals surface area contributed by atoms with Crippen LogP contribution in [0.3, 0.4) is 0 Å². The molecule has 3 rings (SSSR count). The first kappa shape index (κ1) is 20.8. The molecule has 0 saturated carbocycles. The first-order valence-corrected chi connectivity index (χ1v) is 12.2. The van der Waals surface area contributed by atoms with Crippen molar-refractivity contribution >= 4 is 25.7 Å². The highest BCUT2D eigenvalue weighted by atomic mass is 32.2. The maximum absolute atomic E-state index is 12.8. The molecule has 1 N–H and O–H groups in total. The highest BCUT2D eigenvalue weighted by Gasteiger charge is 2.28. The second-order valence-electron chi connectivity index (χ2n) is 7.17. The van der Waals surface area contributed by atoms with Crippen LogP contribution in [0.2, 0.25) is 0 Å². The molecular weight excluding hydrogens is 400 g/mol. The smallest absolute Gasteiger partial charge is 0.265 e. The van der Waals surface area contributed by atoms with Gasteiger partial charge in [0, 0.05) is 31.5 Å². The summed E-state index contributed by atoms with van der Waals surface area (Å²) in [5, 5.41) is 4.15. The molecule has 1 aliphatic rings. The van der Waals surface area contributed by atoms with E-state index in [0.29, 0.717) is 36.9 Å². The van der Waals surface area contributed by atoms with E-state index in [-0.39, 0.29) is 9.79 Å². The standard InChI is InChI=1S/C18H26N4O4S2/c1-4-21-13-18(15(3)19-21)27(23,24)20-16-7-9-17(10-8-16)28(25,26)22-11-5-6-14(2)12-22/h7-10,13-14,20H,4-6,11-12H2,1-3H3. The van der Waals surface area contributed by atoms with Crippen LogP contribution in [0.5, 0.6) is 0 Å². The topological polar surface area (TPSA) is 101 Å². The van der Waals surface area contributed by atoms with Gasteiger partial charge in [-0.3, -0.25) is 9.40 Å². The summed E-state index contributed by atoms with van der Waals surface area (Å²) < 4.78 is 56.4. The second-order valence-corrected chi connectivity index (χ2v) is 10.8. The lowest BCUT2D eigenvalue weighted by Crippen LogP contribution is -2.39. The van der Waals surface area contributed by atoms with E-state index in [4.69, 9.17) is 0 Å². The highest BCUT2D eigenvalue weighted by Crippen LogP contribution is 2.25. The van der Waals surface area contributed by atoms with Gasteiger partial charge in [-0.25, -0.2) is 16.8 Å². The van der Waals surface area contributed by atoms with Gasteiger partial charge in [0.2, 0.25) is 10.0 Å². The van der Waals surface area contributed by atoms with E-state index in [0.717, 1.165) is 12.8 Å². The van der Waals surface area contributed by atoms with Gasteiger partial charge in [-0.1, -0.05) is 6.92 Å². The van der Waals surface area contributed by atoms with Crippen molar-refractivity contribution in [2.75, 3.05) is 17.8 Å². The second kappa shape index (κ2) is 7.84. The fraction of sp³-hybridized carbons (Fsp3) is 0.500. The molecule has 1 atom stereocenters. The van der Waals surface area contributed by atoms with Gasteiger partial charge >= 0.3 is 0 Å². The first-order valence-electron chi connectivity index (χ1n) is 9.30. The quantitative estimate of drug-likeness (QED) is 0.764. The lowest BCUT2D eigenvalue weighted by molar-refractivity contribution is 0.281. The van der Waals surface area contributed by atoms with Crippen LogP contribution in [0.15, 0.2) is 40.3 Å². The van der Waals surface area contributed by atoms with Crippen molar-refractivity contribution in [2.24, 2.45) is 5.92 Å². The minimum atomic E-state index is -3.80. The molecule has 1 aliphatic heterocycles. The summed E-state index contributed by atoms with van der Waals surface area (Å²) in [6.07, 6.45) is 3.36. The normalized spacial score (nSPS) is 18.9. The number of anilines is 1. The largest absolute Gasteiger partial charge is 0.280 e. The lowest BCUT2D eigenvalue weighted by Gasteiger charge is -2.30. The minimum Gasteiger partial charge on any atom is -0.280 e. The van der Waals surface area contributed by atoms with Crippen LogP contribution in [-0.4, -0.2) is 44.0 Å². The molecule has 0 amide bonds. The van der Waals surface area contributed by atoms with E-state index in [9.17, 15) is 16.8 Å². The van der Waals surface area contributed by atoms with Crippen molar-refractivity contribution < 1.29 is 16.8 Å². The number of sulfonamides is 2. The molecule has 0 aliphatic carbocycles. The summed E-state index contributed by atoms with van der Waals surface area (Å²) >= 11 is 0. The number of nitrogens with zero attached hydrogens (tertiary/aromatic N) is 3. The third-order valence-corrected chi connectivity index (χ3v) is 8.24. The molecule has 1 unspecified atom stereocenters. The van der Waals surface area contributed by atoms with Gasteiger partial charge < -0.3 is 0 Å². The molecule has 10 heteroatoms. The Balaban J connectivity index is 1.79. The van der Waals surface area contributed by atoms with Gasteiger partial charge in [0.1, 0.15) is 4.90 Å². The summed E-state index contributed by atoms with van der Waals surface area (Å²) in [4.78, 5) is 0.271. The number of hydrogen-bond acceptors (Lipinski definition) is 5. The maximum atomic E-state index is 12.8. The van der Waals surface area contributed by atoms with Gasteiger partial charge in [-0.2, -0.15) is 9.40 Å². The molecule has 0 spiro atoms. The zero-order valence-corrected chi connectivity index (χ0v) is 17.9. The number of hydrogen-bond donors (Lipinski definition) is 1. The Morgan fingerprint density at radius 2 is 1.86 bits per heavy atom. The lowest BCUT2D eigenvalue weighted by atomic mass is 10.0. The molecule has 2 heterocycles. The van der Waals surface area contributed by atoms with Gasteiger partial charge in [-0.15, -0.1) is 0 Å². The molecule has 0 radical (unpaired) electrons. The summed E-state index contributed by atoms with van der Waals surface area (Å²) in [6, 6.07) is 5.82. The summed E-state index contributed by atoms with van der Waals surface area (Å²) in [7, 11) is -7.37. The Kier molecular flexibility index (Phi) is 5.83. The molecule has 8 nitrogen and oxygen atoms in total. The van der Waals surface area contributed by atoms with E-state index in [1.165, 1.54) is 34.8 Å². The molecule has 1 aromatic carbocycles. The fourth-order valence-electron chi connectivity index (χ4n) is 3.34. The molecular formula is C18H26N4O4S2. The Morgan fingerprint density at radius 3 is 2.43 bits per heavy atom. The van der Waals surface area contributed by atoms with Crippen LogP contribution in [0, 0.1) is 12.8 Å². The molecule has 1 aromatic heterocycles. The van der Waals surface area contributed by atoms with Crippen LogP contribution in [-0.2, 0) is 26.6 Å². The van der Waals surface area contributed by atoms with Crippen LogP contribution in [0.25, 0.3) is 0 Å². The van der Waals surface area contributed by atoms with Crippen molar-refractivity contribution in [1.29, 1.82) is 0 Å².